The quantitative estimate of drug-likeness (QED) is 0.664. The van der Waals surface area contributed by atoms with Gasteiger partial charge in [0.15, 0.2) is 0 Å². The van der Waals surface area contributed by atoms with E-state index >= 15 is 0 Å². The Balaban J connectivity index is 2.02. The topological polar surface area (TPSA) is 54.7 Å². The first-order chi connectivity index (χ1) is 9.43. The maximum atomic E-state index is 12.5. The van der Waals surface area contributed by atoms with Crippen LogP contribution >= 0.6 is 0 Å². The lowest BCUT2D eigenvalue weighted by Crippen LogP contribution is -2.04. The van der Waals surface area contributed by atoms with Crippen LogP contribution in [0, 0.1) is 0 Å². The highest BCUT2D eigenvalue weighted by atomic mass is 19.4. The van der Waals surface area contributed by atoms with E-state index in [4.69, 9.17) is 5.73 Å². The highest BCUT2D eigenvalue weighted by Crippen LogP contribution is 2.30. The number of nitrogens with two attached hydrogens (primary N) is 1. The summed E-state index contributed by atoms with van der Waals surface area (Å²) < 4.78 is 37.5. The van der Waals surface area contributed by atoms with Crippen LogP contribution in [0.15, 0.2) is 42.5 Å². The van der Waals surface area contributed by atoms with Crippen LogP contribution < -0.4 is 5.73 Å². The largest absolute Gasteiger partial charge is 0.416 e. The summed E-state index contributed by atoms with van der Waals surface area (Å²) in [4.78, 5) is 7.36. The highest BCUT2D eigenvalue weighted by Gasteiger charge is 2.30. The van der Waals surface area contributed by atoms with Gasteiger partial charge in [-0.1, -0.05) is 12.1 Å². The lowest BCUT2D eigenvalue weighted by molar-refractivity contribution is -0.137. The van der Waals surface area contributed by atoms with Crippen LogP contribution in [0.5, 0.6) is 0 Å². The van der Waals surface area contributed by atoms with Gasteiger partial charge in [0.1, 0.15) is 5.82 Å². The average Bonchev–Trinajstić information content (AvgIpc) is 2.80. The van der Waals surface area contributed by atoms with E-state index in [0.29, 0.717) is 22.6 Å². The van der Waals surface area contributed by atoms with E-state index in [9.17, 15) is 13.2 Å². The number of nitrogens with zero attached hydrogens (tertiary/aromatic N) is 1. The second kappa shape index (κ2) is 4.26. The summed E-state index contributed by atoms with van der Waals surface area (Å²) in [7, 11) is 0. The number of hydrogen-bond donors (Lipinski definition) is 2. The number of imidazole rings is 1. The molecule has 20 heavy (non-hydrogen) atoms. The summed E-state index contributed by atoms with van der Waals surface area (Å²) in [6, 6.07) is 10.1. The second-order valence-electron chi connectivity index (χ2n) is 4.44. The van der Waals surface area contributed by atoms with Gasteiger partial charge in [0, 0.05) is 11.3 Å². The minimum absolute atomic E-state index is 0.513. The van der Waals surface area contributed by atoms with Gasteiger partial charge in [0.2, 0.25) is 0 Å². The van der Waals surface area contributed by atoms with Gasteiger partial charge in [-0.05, 0) is 30.3 Å². The molecule has 3 aromatic rings. The number of halogens is 3. The molecule has 2 aromatic carbocycles. The zero-order chi connectivity index (χ0) is 14.3. The molecular weight excluding hydrogens is 267 g/mol. The third-order valence-corrected chi connectivity index (χ3v) is 2.99. The third-order valence-electron chi connectivity index (χ3n) is 2.99. The minimum Gasteiger partial charge on any atom is -0.399 e. The summed E-state index contributed by atoms with van der Waals surface area (Å²) in [5, 5.41) is 0. The van der Waals surface area contributed by atoms with Crippen molar-refractivity contribution in [1.29, 1.82) is 0 Å². The molecule has 0 aliphatic rings. The van der Waals surface area contributed by atoms with Crippen LogP contribution in [0.4, 0.5) is 18.9 Å². The van der Waals surface area contributed by atoms with Crippen molar-refractivity contribution in [2.75, 3.05) is 5.73 Å². The molecule has 0 aliphatic carbocycles. The zero-order valence-electron chi connectivity index (χ0n) is 10.2. The zero-order valence-corrected chi connectivity index (χ0v) is 10.2. The number of aromatic amines is 1. The number of rotatable bonds is 1. The second-order valence-corrected chi connectivity index (χ2v) is 4.44. The molecule has 3 rings (SSSR count). The van der Waals surface area contributed by atoms with E-state index in [1.807, 2.05) is 0 Å². The van der Waals surface area contributed by atoms with Gasteiger partial charge >= 0.3 is 6.18 Å². The molecule has 0 saturated carbocycles. The van der Waals surface area contributed by atoms with Gasteiger partial charge in [-0.25, -0.2) is 4.98 Å². The number of fused-ring (bicyclic) bond motifs is 1. The predicted molar refractivity (Wildman–Crippen MR) is 70.9 cm³/mol. The fraction of sp³-hybridized carbons (Fsp3) is 0.0714. The molecule has 102 valence electrons. The number of nitrogen functional groups attached to an aromatic ring is 1. The first kappa shape index (κ1) is 12.5. The highest BCUT2D eigenvalue weighted by molar-refractivity contribution is 5.82. The summed E-state index contributed by atoms with van der Waals surface area (Å²) in [5.74, 6) is 0.513. The van der Waals surface area contributed by atoms with Crippen molar-refractivity contribution in [3.63, 3.8) is 0 Å². The van der Waals surface area contributed by atoms with Crippen molar-refractivity contribution in [2.24, 2.45) is 0 Å². The summed E-state index contributed by atoms with van der Waals surface area (Å²) in [6.45, 7) is 0. The Morgan fingerprint density at radius 1 is 1.00 bits per heavy atom. The third kappa shape index (κ3) is 2.20. The predicted octanol–water partition coefficient (Wildman–Crippen LogP) is 3.83. The van der Waals surface area contributed by atoms with Crippen LogP contribution in [0.2, 0.25) is 0 Å². The first-order valence-corrected chi connectivity index (χ1v) is 5.86. The van der Waals surface area contributed by atoms with Gasteiger partial charge in [-0.2, -0.15) is 13.2 Å². The number of hydrogen-bond acceptors (Lipinski definition) is 2. The molecule has 0 saturated heterocycles. The summed E-state index contributed by atoms with van der Waals surface area (Å²) in [5.41, 5.74) is 7.64. The Morgan fingerprint density at radius 3 is 2.35 bits per heavy atom. The minimum atomic E-state index is -4.33. The number of H-pyrrole nitrogens is 1. The Morgan fingerprint density at radius 2 is 1.70 bits per heavy atom. The number of anilines is 1. The summed E-state index contributed by atoms with van der Waals surface area (Å²) >= 11 is 0. The molecule has 0 atom stereocenters. The fourth-order valence-electron chi connectivity index (χ4n) is 1.98. The molecule has 1 heterocycles. The van der Waals surface area contributed by atoms with Gasteiger partial charge in [-0.3, -0.25) is 0 Å². The summed E-state index contributed by atoms with van der Waals surface area (Å²) in [6.07, 6.45) is -4.33. The molecule has 3 nitrogen and oxygen atoms in total. The van der Waals surface area contributed by atoms with Crippen LogP contribution in [0.25, 0.3) is 22.4 Å². The monoisotopic (exact) mass is 277 g/mol. The Bertz CT molecular complexity index is 757. The van der Waals surface area contributed by atoms with Crippen molar-refractivity contribution >= 4 is 16.7 Å². The van der Waals surface area contributed by atoms with Crippen LogP contribution in [-0.4, -0.2) is 9.97 Å². The van der Waals surface area contributed by atoms with Crippen molar-refractivity contribution in [3.8, 4) is 11.4 Å². The maximum absolute atomic E-state index is 12.5. The van der Waals surface area contributed by atoms with Crippen molar-refractivity contribution in [2.45, 2.75) is 6.18 Å². The van der Waals surface area contributed by atoms with Crippen molar-refractivity contribution in [1.82, 2.24) is 9.97 Å². The molecule has 0 bridgehead atoms. The normalized spacial score (nSPS) is 11.9. The fourth-order valence-corrected chi connectivity index (χ4v) is 1.98. The lowest BCUT2D eigenvalue weighted by atomic mass is 10.1. The molecular formula is C14H10F3N3. The molecule has 0 aliphatic heterocycles. The smallest absolute Gasteiger partial charge is 0.399 e. The number of benzene rings is 2. The molecule has 0 spiro atoms. The standard InChI is InChI=1S/C14H10F3N3/c15-14(16,17)9-3-1-8(2-4-9)13-19-11-6-5-10(18)7-12(11)20-13/h1-7H,18H2,(H,19,20). The van der Waals surface area contributed by atoms with Gasteiger partial charge in [0.25, 0.3) is 0 Å². The SMILES string of the molecule is Nc1ccc2nc(-c3ccc(C(F)(F)F)cc3)[nH]c2c1. The van der Waals surface area contributed by atoms with Crippen molar-refractivity contribution < 1.29 is 13.2 Å². The Kier molecular flexibility index (Phi) is 2.67. The first-order valence-electron chi connectivity index (χ1n) is 5.86. The molecule has 0 radical (unpaired) electrons. The Labute approximate surface area is 112 Å². The van der Waals surface area contributed by atoms with E-state index in [1.165, 1.54) is 12.1 Å². The van der Waals surface area contributed by atoms with E-state index in [2.05, 4.69) is 9.97 Å². The van der Waals surface area contributed by atoms with Crippen LogP contribution in [0.1, 0.15) is 5.56 Å². The van der Waals surface area contributed by atoms with Gasteiger partial charge in [-0.15, -0.1) is 0 Å². The lowest BCUT2D eigenvalue weighted by Gasteiger charge is -2.06. The molecule has 1 aromatic heterocycles. The molecule has 3 N–H and O–H groups in total. The van der Waals surface area contributed by atoms with Crippen molar-refractivity contribution in [3.05, 3.63) is 48.0 Å². The molecule has 0 fully saturated rings. The average molecular weight is 277 g/mol. The Hall–Kier alpha value is -2.50. The van der Waals surface area contributed by atoms with Crippen LogP contribution in [-0.2, 0) is 6.18 Å². The number of alkyl halides is 3. The maximum Gasteiger partial charge on any atom is 0.416 e. The van der Waals surface area contributed by atoms with E-state index in [-0.39, 0.29) is 0 Å². The molecule has 6 heteroatoms. The van der Waals surface area contributed by atoms with Gasteiger partial charge < -0.3 is 10.7 Å². The van der Waals surface area contributed by atoms with Crippen LogP contribution in [0.3, 0.4) is 0 Å². The molecule has 0 amide bonds. The number of nitrogens with one attached hydrogen (secondary N) is 1. The van der Waals surface area contributed by atoms with Gasteiger partial charge in [0.05, 0.1) is 16.6 Å². The molecule has 0 unspecified atom stereocenters. The van der Waals surface area contributed by atoms with E-state index in [1.54, 1.807) is 18.2 Å². The van der Waals surface area contributed by atoms with E-state index < -0.39 is 11.7 Å². The van der Waals surface area contributed by atoms with E-state index in [0.717, 1.165) is 17.6 Å². The number of aromatic nitrogens is 2.